The van der Waals surface area contributed by atoms with Gasteiger partial charge in [-0.25, -0.2) is 0 Å². The lowest BCUT2D eigenvalue weighted by atomic mass is 10.1. The topological polar surface area (TPSA) is 75.5 Å². The fourth-order valence-corrected chi connectivity index (χ4v) is 1.51. The van der Waals surface area contributed by atoms with Crippen molar-refractivity contribution in [2.45, 2.75) is 0 Å². The second kappa shape index (κ2) is 6.32. The zero-order valence-corrected chi connectivity index (χ0v) is 10.9. The highest BCUT2D eigenvalue weighted by molar-refractivity contribution is 6.31. The van der Waals surface area contributed by atoms with Crippen LogP contribution < -0.4 is 5.32 Å². The van der Waals surface area contributed by atoms with E-state index in [0.717, 1.165) is 0 Å². The largest absolute Gasteiger partial charge is 0.351 e. The van der Waals surface area contributed by atoms with Gasteiger partial charge in [-0.05, 0) is 26.2 Å². The smallest absolute Gasteiger partial charge is 0.282 e. The summed E-state index contributed by atoms with van der Waals surface area (Å²) in [6, 6.07) is 3.91. The first-order valence-corrected chi connectivity index (χ1v) is 5.66. The van der Waals surface area contributed by atoms with E-state index in [4.69, 9.17) is 11.6 Å². The van der Waals surface area contributed by atoms with Crippen LogP contribution in [0.15, 0.2) is 18.2 Å². The molecule has 1 N–H and O–H groups in total. The van der Waals surface area contributed by atoms with Crippen molar-refractivity contribution in [1.82, 2.24) is 10.2 Å². The first kappa shape index (κ1) is 14.4. The predicted octanol–water partition coefficient (Wildman–Crippen LogP) is 1.54. The monoisotopic (exact) mass is 271 g/mol. The average Bonchev–Trinajstić information content (AvgIpc) is 2.27. The SMILES string of the molecule is CN(C)CCNC(=O)c1cc(Cl)ccc1[N+](=O)[O-]. The number of halogens is 1. The molecule has 0 aliphatic rings. The van der Waals surface area contributed by atoms with Crippen molar-refractivity contribution in [3.8, 4) is 0 Å². The zero-order chi connectivity index (χ0) is 13.7. The average molecular weight is 272 g/mol. The van der Waals surface area contributed by atoms with Crippen molar-refractivity contribution >= 4 is 23.2 Å². The Morgan fingerprint density at radius 1 is 1.50 bits per heavy atom. The first-order valence-electron chi connectivity index (χ1n) is 5.28. The fraction of sp³-hybridized carbons (Fsp3) is 0.364. The number of likely N-dealkylation sites (N-methyl/N-ethyl adjacent to an activating group) is 1. The van der Waals surface area contributed by atoms with Gasteiger partial charge in [0.15, 0.2) is 0 Å². The fourth-order valence-electron chi connectivity index (χ4n) is 1.34. The molecule has 0 spiro atoms. The summed E-state index contributed by atoms with van der Waals surface area (Å²) in [7, 11) is 3.74. The molecule has 0 saturated heterocycles. The van der Waals surface area contributed by atoms with Crippen LogP contribution in [0.5, 0.6) is 0 Å². The minimum absolute atomic E-state index is 0.0220. The zero-order valence-electron chi connectivity index (χ0n) is 10.1. The lowest BCUT2D eigenvalue weighted by Gasteiger charge is -2.10. The van der Waals surface area contributed by atoms with Crippen LogP contribution in [0.1, 0.15) is 10.4 Å². The molecule has 0 aromatic heterocycles. The summed E-state index contributed by atoms with van der Waals surface area (Å²) in [6.07, 6.45) is 0. The molecule has 0 unspecified atom stereocenters. The van der Waals surface area contributed by atoms with E-state index in [1.54, 1.807) is 0 Å². The van der Waals surface area contributed by atoms with Gasteiger partial charge < -0.3 is 10.2 Å². The number of carbonyl (C=O) groups is 1. The van der Waals surface area contributed by atoms with Gasteiger partial charge in [-0.15, -0.1) is 0 Å². The molecule has 0 saturated carbocycles. The molecule has 6 nitrogen and oxygen atoms in total. The maximum atomic E-state index is 11.8. The maximum absolute atomic E-state index is 11.8. The van der Waals surface area contributed by atoms with Gasteiger partial charge in [0.2, 0.25) is 0 Å². The highest BCUT2D eigenvalue weighted by Gasteiger charge is 2.19. The summed E-state index contributed by atoms with van der Waals surface area (Å²) in [6.45, 7) is 1.07. The number of nitrogens with zero attached hydrogens (tertiary/aromatic N) is 2. The minimum Gasteiger partial charge on any atom is -0.351 e. The Morgan fingerprint density at radius 3 is 2.72 bits per heavy atom. The minimum atomic E-state index is -0.600. The number of hydrogen-bond acceptors (Lipinski definition) is 4. The number of carbonyl (C=O) groups excluding carboxylic acids is 1. The Labute approximate surface area is 110 Å². The molecule has 18 heavy (non-hydrogen) atoms. The number of nitro benzene ring substituents is 1. The van der Waals surface area contributed by atoms with Crippen LogP contribution in [0.25, 0.3) is 0 Å². The first-order chi connectivity index (χ1) is 8.41. The van der Waals surface area contributed by atoms with Crippen LogP contribution >= 0.6 is 11.6 Å². The molecular formula is C11H14ClN3O3. The second-order valence-electron chi connectivity index (χ2n) is 3.98. The van der Waals surface area contributed by atoms with E-state index in [-0.39, 0.29) is 11.3 Å². The molecule has 0 atom stereocenters. The van der Waals surface area contributed by atoms with Gasteiger partial charge in [0.05, 0.1) is 4.92 Å². The van der Waals surface area contributed by atoms with Crippen molar-refractivity contribution < 1.29 is 9.72 Å². The lowest BCUT2D eigenvalue weighted by molar-refractivity contribution is -0.385. The molecule has 0 radical (unpaired) electrons. The Hall–Kier alpha value is -1.66. The van der Waals surface area contributed by atoms with E-state index in [9.17, 15) is 14.9 Å². The molecule has 1 aromatic carbocycles. The Kier molecular flexibility index (Phi) is 5.06. The highest BCUT2D eigenvalue weighted by atomic mass is 35.5. The Bertz CT molecular complexity index is 463. The summed E-state index contributed by atoms with van der Waals surface area (Å²) >= 11 is 5.74. The Balaban J connectivity index is 2.84. The molecule has 7 heteroatoms. The van der Waals surface area contributed by atoms with Gasteiger partial charge in [0, 0.05) is 24.2 Å². The molecule has 0 aliphatic carbocycles. The molecular weight excluding hydrogens is 258 g/mol. The third kappa shape index (κ3) is 3.97. The van der Waals surface area contributed by atoms with Gasteiger partial charge in [-0.2, -0.15) is 0 Å². The lowest BCUT2D eigenvalue weighted by Crippen LogP contribution is -2.31. The number of nitro groups is 1. The normalized spacial score (nSPS) is 10.4. The molecule has 1 amide bonds. The molecule has 0 bridgehead atoms. The van der Waals surface area contributed by atoms with Crippen molar-refractivity contribution in [3.63, 3.8) is 0 Å². The van der Waals surface area contributed by atoms with Crippen LogP contribution in [0.4, 0.5) is 5.69 Å². The van der Waals surface area contributed by atoms with Gasteiger partial charge >= 0.3 is 0 Å². The van der Waals surface area contributed by atoms with Crippen LogP contribution in [0, 0.1) is 10.1 Å². The molecule has 0 aliphatic heterocycles. The quantitative estimate of drug-likeness (QED) is 0.651. The van der Waals surface area contributed by atoms with Gasteiger partial charge in [-0.1, -0.05) is 11.6 Å². The van der Waals surface area contributed by atoms with E-state index in [1.807, 2.05) is 19.0 Å². The van der Waals surface area contributed by atoms with Crippen LogP contribution in [-0.2, 0) is 0 Å². The van der Waals surface area contributed by atoms with Crippen molar-refractivity contribution in [3.05, 3.63) is 38.9 Å². The summed E-state index contributed by atoms with van der Waals surface area (Å²) in [5.74, 6) is -0.494. The third-order valence-corrected chi connectivity index (χ3v) is 2.48. The van der Waals surface area contributed by atoms with E-state index in [2.05, 4.69) is 5.32 Å². The third-order valence-electron chi connectivity index (χ3n) is 2.24. The number of benzene rings is 1. The Morgan fingerprint density at radius 2 is 2.17 bits per heavy atom. The maximum Gasteiger partial charge on any atom is 0.282 e. The molecule has 1 aromatic rings. The number of amides is 1. The summed E-state index contributed by atoms with van der Waals surface area (Å²) < 4.78 is 0. The van der Waals surface area contributed by atoms with Gasteiger partial charge in [0.25, 0.3) is 11.6 Å². The predicted molar refractivity (Wildman–Crippen MR) is 69.0 cm³/mol. The van der Waals surface area contributed by atoms with Crippen molar-refractivity contribution in [1.29, 1.82) is 0 Å². The number of rotatable bonds is 5. The van der Waals surface area contributed by atoms with E-state index in [1.165, 1.54) is 18.2 Å². The highest BCUT2D eigenvalue weighted by Crippen LogP contribution is 2.22. The molecule has 0 fully saturated rings. The van der Waals surface area contributed by atoms with Crippen LogP contribution in [0.2, 0.25) is 5.02 Å². The van der Waals surface area contributed by atoms with Crippen molar-refractivity contribution in [2.24, 2.45) is 0 Å². The molecule has 98 valence electrons. The number of nitrogens with one attached hydrogen (secondary N) is 1. The number of hydrogen-bond donors (Lipinski definition) is 1. The van der Waals surface area contributed by atoms with E-state index < -0.39 is 10.8 Å². The standard InChI is InChI=1S/C11H14ClN3O3/c1-14(2)6-5-13-11(16)9-7-8(12)3-4-10(9)15(17)18/h3-4,7H,5-6H2,1-2H3,(H,13,16). The van der Waals surface area contributed by atoms with E-state index >= 15 is 0 Å². The molecule has 0 heterocycles. The van der Waals surface area contributed by atoms with Crippen molar-refractivity contribution in [2.75, 3.05) is 27.2 Å². The second-order valence-corrected chi connectivity index (χ2v) is 4.41. The van der Waals surface area contributed by atoms with E-state index in [0.29, 0.717) is 18.1 Å². The van der Waals surface area contributed by atoms with Gasteiger partial charge in [0.1, 0.15) is 5.56 Å². The summed E-state index contributed by atoms with van der Waals surface area (Å²) in [4.78, 5) is 23.9. The van der Waals surface area contributed by atoms with Gasteiger partial charge in [-0.3, -0.25) is 14.9 Å². The summed E-state index contributed by atoms with van der Waals surface area (Å²) in [5, 5.41) is 13.7. The van der Waals surface area contributed by atoms with Crippen LogP contribution in [-0.4, -0.2) is 42.9 Å². The molecule has 1 rings (SSSR count). The van der Waals surface area contributed by atoms with Crippen LogP contribution in [0.3, 0.4) is 0 Å². The summed E-state index contributed by atoms with van der Waals surface area (Å²) in [5.41, 5.74) is -0.270.